The molecule has 198 valence electrons. The lowest BCUT2D eigenvalue weighted by Gasteiger charge is -2.23. The van der Waals surface area contributed by atoms with E-state index in [1.807, 2.05) is 18.2 Å². The van der Waals surface area contributed by atoms with Gasteiger partial charge in [-0.05, 0) is 78.6 Å². The number of methoxy groups -OCH3 is 2. The highest BCUT2D eigenvalue weighted by Gasteiger charge is 2.27. The summed E-state index contributed by atoms with van der Waals surface area (Å²) >= 11 is 0. The molecule has 0 bridgehead atoms. The maximum atomic E-state index is 13.7. The molecule has 0 radical (unpaired) electrons. The maximum Gasteiger partial charge on any atom is 0.189 e. The van der Waals surface area contributed by atoms with E-state index in [0.717, 1.165) is 16.7 Å². The SMILES string of the molecule is COc1cc(O)ccc1CC[C@H](c1ccc(O)cc1)c1c(OC)c2ccc(-c3ccc(O)cc3)oc-2cc1=O. The van der Waals surface area contributed by atoms with Crippen LogP contribution < -0.4 is 14.9 Å². The van der Waals surface area contributed by atoms with Crippen LogP contribution in [-0.4, -0.2) is 29.5 Å². The molecule has 3 aromatic rings. The second kappa shape index (κ2) is 10.8. The van der Waals surface area contributed by atoms with Crippen LogP contribution in [0.5, 0.6) is 28.7 Å². The number of fused-ring (bicyclic) bond motifs is 1. The molecular weight excluding hydrogens is 496 g/mol. The first-order chi connectivity index (χ1) is 18.9. The molecule has 3 N–H and O–H groups in total. The van der Waals surface area contributed by atoms with Crippen molar-refractivity contribution in [2.45, 2.75) is 18.8 Å². The van der Waals surface area contributed by atoms with Crippen molar-refractivity contribution in [3.8, 4) is 51.4 Å². The second-order valence-electron chi connectivity index (χ2n) is 9.26. The van der Waals surface area contributed by atoms with E-state index in [4.69, 9.17) is 13.9 Å². The van der Waals surface area contributed by atoms with Crippen molar-refractivity contribution in [2.75, 3.05) is 14.2 Å². The van der Waals surface area contributed by atoms with E-state index in [-0.39, 0.29) is 28.6 Å². The average molecular weight is 525 g/mol. The normalized spacial score (nSPS) is 11.8. The van der Waals surface area contributed by atoms with Gasteiger partial charge in [-0.25, -0.2) is 0 Å². The lowest BCUT2D eigenvalue weighted by atomic mass is 9.84. The van der Waals surface area contributed by atoms with Crippen LogP contribution >= 0.6 is 0 Å². The van der Waals surface area contributed by atoms with Crippen LogP contribution in [0.2, 0.25) is 0 Å². The fourth-order valence-electron chi connectivity index (χ4n) is 4.95. The fraction of sp³-hybridized carbons (Fsp3) is 0.156. The van der Waals surface area contributed by atoms with Crippen molar-refractivity contribution in [3.63, 3.8) is 0 Å². The van der Waals surface area contributed by atoms with Crippen molar-refractivity contribution < 1.29 is 29.2 Å². The summed E-state index contributed by atoms with van der Waals surface area (Å²) in [5.74, 6) is 1.94. The van der Waals surface area contributed by atoms with E-state index < -0.39 is 0 Å². The highest BCUT2D eigenvalue weighted by molar-refractivity contribution is 5.73. The number of ether oxygens (including phenoxy) is 2. The van der Waals surface area contributed by atoms with Gasteiger partial charge in [0.2, 0.25) is 0 Å². The number of aryl methyl sites for hydroxylation is 1. The molecule has 2 aliphatic rings. The Hall–Kier alpha value is -4.91. The van der Waals surface area contributed by atoms with Crippen LogP contribution in [0.25, 0.3) is 22.6 Å². The van der Waals surface area contributed by atoms with Crippen molar-refractivity contribution in [2.24, 2.45) is 0 Å². The molecule has 0 fully saturated rings. The third-order valence-electron chi connectivity index (χ3n) is 6.88. The van der Waals surface area contributed by atoms with Gasteiger partial charge in [0.05, 0.1) is 19.8 Å². The number of phenolic OH excluding ortho intramolecular Hbond substituents is 3. The monoisotopic (exact) mass is 524 g/mol. The zero-order valence-electron chi connectivity index (χ0n) is 21.5. The Labute approximate surface area is 225 Å². The van der Waals surface area contributed by atoms with Gasteiger partial charge in [0, 0.05) is 29.2 Å². The van der Waals surface area contributed by atoms with Gasteiger partial charge in [0.1, 0.15) is 40.3 Å². The van der Waals surface area contributed by atoms with Gasteiger partial charge in [-0.3, -0.25) is 4.79 Å². The highest BCUT2D eigenvalue weighted by atomic mass is 16.5. The third kappa shape index (κ3) is 5.25. The van der Waals surface area contributed by atoms with E-state index in [1.165, 1.54) is 13.2 Å². The minimum Gasteiger partial charge on any atom is -0.508 e. The van der Waals surface area contributed by atoms with Crippen LogP contribution in [0, 0.1) is 0 Å². The predicted octanol–water partition coefficient (Wildman–Crippen LogP) is 6.31. The summed E-state index contributed by atoms with van der Waals surface area (Å²) in [7, 11) is 3.08. The van der Waals surface area contributed by atoms with Gasteiger partial charge in [-0.1, -0.05) is 18.2 Å². The first kappa shape index (κ1) is 25.7. The van der Waals surface area contributed by atoms with Crippen LogP contribution in [0.3, 0.4) is 0 Å². The molecule has 1 aliphatic carbocycles. The van der Waals surface area contributed by atoms with Crippen LogP contribution in [0.4, 0.5) is 0 Å². The molecule has 3 aromatic carbocycles. The molecule has 1 atom stereocenters. The summed E-state index contributed by atoms with van der Waals surface area (Å²) in [6, 6.07) is 23.5. The van der Waals surface area contributed by atoms with E-state index in [0.29, 0.717) is 47.0 Å². The summed E-state index contributed by atoms with van der Waals surface area (Å²) < 4.78 is 17.4. The van der Waals surface area contributed by atoms with Crippen LogP contribution in [0.1, 0.15) is 29.0 Å². The number of hydrogen-bond donors (Lipinski definition) is 3. The topological polar surface area (TPSA) is 109 Å². The Kier molecular flexibility index (Phi) is 7.14. The van der Waals surface area contributed by atoms with E-state index in [9.17, 15) is 20.1 Å². The summed E-state index contributed by atoms with van der Waals surface area (Å²) in [4.78, 5) is 13.7. The molecule has 1 heterocycles. The zero-order valence-corrected chi connectivity index (χ0v) is 21.5. The number of aromatic hydroxyl groups is 3. The molecule has 5 rings (SSSR count). The van der Waals surface area contributed by atoms with E-state index >= 15 is 0 Å². The largest absolute Gasteiger partial charge is 0.508 e. The van der Waals surface area contributed by atoms with Gasteiger partial charge in [0.25, 0.3) is 0 Å². The average Bonchev–Trinajstić information content (AvgIpc) is 2.94. The van der Waals surface area contributed by atoms with Gasteiger partial charge < -0.3 is 29.2 Å². The number of phenols is 3. The molecule has 0 amide bonds. The molecule has 0 saturated carbocycles. The minimum atomic E-state index is -0.368. The Bertz CT molecular complexity index is 1620. The Morgan fingerprint density at radius 3 is 2.08 bits per heavy atom. The molecule has 0 saturated heterocycles. The highest BCUT2D eigenvalue weighted by Crippen LogP contribution is 2.42. The van der Waals surface area contributed by atoms with Crippen molar-refractivity contribution in [1.82, 2.24) is 0 Å². The standard InChI is InChI=1S/C32H28O7/c1-37-29-17-24(35)13-7-21(29)8-14-25(19-3-9-22(33)10-4-19)31-27(36)18-30-26(32(31)38-2)15-16-28(39-30)20-5-11-23(34)12-6-20/h3-7,9-13,15-18,25,33-35H,8,14H2,1-2H3/t25-/m1/s1. The third-order valence-corrected chi connectivity index (χ3v) is 6.88. The van der Waals surface area contributed by atoms with Crippen LogP contribution in [-0.2, 0) is 6.42 Å². The van der Waals surface area contributed by atoms with Crippen molar-refractivity contribution >= 4 is 0 Å². The van der Waals surface area contributed by atoms with Gasteiger partial charge in [0.15, 0.2) is 5.43 Å². The number of hydrogen-bond acceptors (Lipinski definition) is 7. The number of benzene rings is 4. The summed E-state index contributed by atoms with van der Waals surface area (Å²) in [5.41, 5.74) is 3.40. The van der Waals surface area contributed by atoms with Gasteiger partial charge >= 0.3 is 0 Å². The predicted molar refractivity (Wildman–Crippen MR) is 148 cm³/mol. The molecule has 0 unspecified atom stereocenters. The molecule has 7 nitrogen and oxygen atoms in total. The molecule has 39 heavy (non-hydrogen) atoms. The Morgan fingerprint density at radius 2 is 1.41 bits per heavy atom. The molecule has 1 aliphatic heterocycles. The van der Waals surface area contributed by atoms with Gasteiger partial charge in [-0.15, -0.1) is 0 Å². The Morgan fingerprint density at radius 1 is 0.744 bits per heavy atom. The summed E-state index contributed by atoms with van der Waals surface area (Å²) in [6.45, 7) is 0. The summed E-state index contributed by atoms with van der Waals surface area (Å²) in [6.07, 6.45) is 1.09. The second-order valence-corrected chi connectivity index (χ2v) is 9.26. The Balaban J connectivity index is 1.61. The fourth-order valence-corrected chi connectivity index (χ4v) is 4.95. The molecule has 0 spiro atoms. The molecule has 0 aromatic heterocycles. The molecule has 7 heteroatoms. The molecular formula is C32H28O7. The quantitative estimate of drug-likeness (QED) is 0.218. The smallest absolute Gasteiger partial charge is 0.189 e. The van der Waals surface area contributed by atoms with Crippen molar-refractivity contribution in [1.29, 1.82) is 0 Å². The van der Waals surface area contributed by atoms with E-state index in [1.54, 1.807) is 67.8 Å². The zero-order chi connectivity index (χ0) is 27.5. The van der Waals surface area contributed by atoms with Crippen molar-refractivity contribution in [3.05, 3.63) is 112 Å². The first-order valence-electron chi connectivity index (χ1n) is 12.5. The first-order valence-corrected chi connectivity index (χ1v) is 12.5. The van der Waals surface area contributed by atoms with Gasteiger partial charge in [-0.2, -0.15) is 0 Å². The van der Waals surface area contributed by atoms with Crippen LogP contribution in [0.15, 0.2) is 94.1 Å². The van der Waals surface area contributed by atoms with E-state index in [2.05, 4.69) is 0 Å². The lowest BCUT2D eigenvalue weighted by Crippen LogP contribution is -2.18. The number of rotatable bonds is 8. The maximum absolute atomic E-state index is 13.7. The lowest BCUT2D eigenvalue weighted by molar-refractivity contribution is 0.399. The minimum absolute atomic E-state index is 0.110. The summed E-state index contributed by atoms with van der Waals surface area (Å²) in [5, 5.41) is 29.4.